The van der Waals surface area contributed by atoms with E-state index in [9.17, 15) is 4.79 Å². The van der Waals surface area contributed by atoms with Gasteiger partial charge >= 0.3 is 11.7 Å². The molecule has 0 spiro atoms. The van der Waals surface area contributed by atoms with Gasteiger partial charge in [-0.1, -0.05) is 30.3 Å². The Labute approximate surface area is 149 Å². The molecule has 3 rings (SSSR count). The maximum atomic E-state index is 12.4. The molecule has 0 aliphatic heterocycles. The normalized spacial score (nSPS) is 10.3. The molecule has 0 saturated carbocycles. The zero-order chi connectivity index (χ0) is 17.8. The Balaban J connectivity index is 1.87. The van der Waals surface area contributed by atoms with E-state index in [1.165, 1.54) is 18.7 Å². The average molecular weight is 357 g/mol. The number of para-hydroxylation sites is 3. The molecule has 128 valence electrons. The lowest BCUT2D eigenvalue weighted by molar-refractivity contribution is 0.360. The van der Waals surface area contributed by atoms with E-state index in [0.29, 0.717) is 17.2 Å². The Morgan fingerprint density at radius 2 is 1.68 bits per heavy atom. The van der Waals surface area contributed by atoms with E-state index in [-0.39, 0.29) is 11.2 Å². The van der Waals surface area contributed by atoms with Gasteiger partial charge in [0.1, 0.15) is 5.75 Å². The van der Waals surface area contributed by atoms with Gasteiger partial charge in [-0.05, 0) is 36.5 Å². The molecule has 3 aromatic rings. The standard InChI is InChI=1S/C17H15N3O4S/c1-19-15(24-14-11-7-6-10-13(14)22-2)18-20(16(19)21)17(25)23-12-8-4-3-5-9-12/h3-11H,1-2H3. The summed E-state index contributed by atoms with van der Waals surface area (Å²) in [7, 11) is 3.06. The molecule has 0 aliphatic rings. The summed E-state index contributed by atoms with van der Waals surface area (Å²) in [6, 6.07) is 16.0. The van der Waals surface area contributed by atoms with Crippen LogP contribution in [0.2, 0.25) is 0 Å². The molecule has 0 unspecified atom stereocenters. The highest BCUT2D eigenvalue weighted by atomic mass is 32.1. The molecule has 0 fully saturated rings. The number of nitrogens with zero attached hydrogens (tertiary/aromatic N) is 3. The highest BCUT2D eigenvalue weighted by molar-refractivity contribution is 7.80. The summed E-state index contributed by atoms with van der Waals surface area (Å²) in [5, 5.41) is 4.00. The largest absolute Gasteiger partial charge is 0.493 e. The van der Waals surface area contributed by atoms with Crippen molar-refractivity contribution >= 4 is 17.4 Å². The number of hydrogen-bond donors (Lipinski definition) is 0. The molecular formula is C17H15N3O4S. The molecule has 0 atom stereocenters. The van der Waals surface area contributed by atoms with E-state index in [0.717, 1.165) is 4.68 Å². The van der Waals surface area contributed by atoms with Crippen molar-refractivity contribution in [3.63, 3.8) is 0 Å². The fourth-order valence-electron chi connectivity index (χ4n) is 2.06. The number of benzene rings is 2. The Bertz CT molecular complexity index is 950. The van der Waals surface area contributed by atoms with Gasteiger partial charge in [-0.3, -0.25) is 0 Å². The molecule has 1 aromatic heterocycles. The summed E-state index contributed by atoms with van der Waals surface area (Å²) in [5.41, 5.74) is -0.481. The predicted molar refractivity (Wildman–Crippen MR) is 95.6 cm³/mol. The van der Waals surface area contributed by atoms with Crippen LogP contribution in [-0.4, -0.2) is 26.6 Å². The summed E-state index contributed by atoms with van der Waals surface area (Å²) in [6.07, 6.45) is 0. The molecule has 25 heavy (non-hydrogen) atoms. The summed E-state index contributed by atoms with van der Waals surface area (Å²) in [5.74, 6) is 1.46. The summed E-state index contributed by atoms with van der Waals surface area (Å²) >= 11 is 5.16. The van der Waals surface area contributed by atoms with Crippen molar-refractivity contribution in [2.24, 2.45) is 7.05 Å². The summed E-state index contributed by atoms with van der Waals surface area (Å²) in [4.78, 5) is 12.4. The second-order valence-corrected chi connectivity index (χ2v) is 5.32. The van der Waals surface area contributed by atoms with Crippen LogP contribution in [0.15, 0.2) is 59.4 Å². The van der Waals surface area contributed by atoms with Gasteiger partial charge in [-0.15, -0.1) is 9.78 Å². The second kappa shape index (κ2) is 7.18. The third kappa shape index (κ3) is 3.53. The lowest BCUT2D eigenvalue weighted by atomic mass is 10.3. The van der Waals surface area contributed by atoms with Gasteiger partial charge in [0.2, 0.25) is 0 Å². The molecule has 0 amide bonds. The van der Waals surface area contributed by atoms with E-state index in [1.54, 1.807) is 42.5 Å². The number of ether oxygens (including phenoxy) is 3. The van der Waals surface area contributed by atoms with Gasteiger partial charge in [-0.25, -0.2) is 9.36 Å². The Kier molecular flexibility index (Phi) is 4.80. The van der Waals surface area contributed by atoms with Gasteiger partial charge in [0.05, 0.1) is 7.11 Å². The zero-order valence-corrected chi connectivity index (χ0v) is 14.4. The molecule has 0 saturated heterocycles. The molecule has 2 aromatic carbocycles. The predicted octanol–water partition coefficient (Wildman–Crippen LogP) is 2.59. The number of hydrogen-bond acceptors (Lipinski definition) is 6. The third-order valence-electron chi connectivity index (χ3n) is 3.33. The average Bonchev–Trinajstić information content (AvgIpc) is 2.91. The van der Waals surface area contributed by atoms with Crippen LogP contribution >= 0.6 is 12.2 Å². The van der Waals surface area contributed by atoms with Crippen molar-refractivity contribution in [2.45, 2.75) is 0 Å². The van der Waals surface area contributed by atoms with Crippen LogP contribution in [0.4, 0.5) is 0 Å². The minimum absolute atomic E-state index is 0.0634. The van der Waals surface area contributed by atoms with Gasteiger partial charge in [0.15, 0.2) is 11.5 Å². The molecule has 0 radical (unpaired) electrons. The van der Waals surface area contributed by atoms with E-state index < -0.39 is 5.69 Å². The molecule has 0 bridgehead atoms. The van der Waals surface area contributed by atoms with Crippen molar-refractivity contribution in [1.29, 1.82) is 0 Å². The first-order chi connectivity index (χ1) is 12.1. The van der Waals surface area contributed by atoms with Gasteiger partial charge in [-0.2, -0.15) is 0 Å². The van der Waals surface area contributed by atoms with Crippen molar-refractivity contribution in [3.8, 4) is 23.3 Å². The van der Waals surface area contributed by atoms with Crippen LogP contribution in [0.5, 0.6) is 23.3 Å². The number of thiocarbonyl (C=S) groups is 1. The minimum Gasteiger partial charge on any atom is -0.493 e. The SMILES string of the molecule is COc1ccccc1Oc1nn(C(=S)Oc2ccccc2)c(=O)n1C. The van der Waals surface area contributed by atoms with Crippen LogP contribution in [0.25, 0.3) is 0 Å². The van der Waals surface area contributed by atoms with E-state index in [2.05, 4.69) is 5.10 Å². The number of rotatable bonds is 4. The smallest absolute Gasteiger partial charge is 0.356 e. The van der Waals surface area contributed by atoms with Crippen molar-refractivity contribution in [3.05, 3.63) is 65.1 Å². The minimum atomic E-state index is -0.481. The van der Waals surface area contributed by atoms with E-state index >= 15 is 0 Å². The van der Waals surface area contributed by atoms with E-state index in [4.69, 9.17) is 26.4 Å². The summed E-state index contributed by atoms with van der Waals surface area (Å²) in [6.45, 7) is 0. The Morgan fingerprint density at radius 3 is 2.36 bits per heavy atom. The van der Waals surface area contributed by atoms with Gasteiger partial charge < -0.3 is 14.2 Å². The van der Waals surface area contributed by atoms with Crippen LogP contribution in [0.1, 0.15) is 0 Å². The summed E-state index contributed by atoms with van der Waals surface area (Å²) < 4.78 is 18.6. The first kappa shape index (κ1) is 16.7. The fraction of sp³-hybridized carbons (Fsp3) is 0.118. The molecule has 8 heteroatoms. The van der Waals surface area contributed by atoms with Crippen molar-refractivity contribution < 1.29 is 14.2 Å². The van der Waals surface area contributed by atoms with Crippen LogP contribution in [-0.2, 0) is 7.05 Å². The second-order valence-electron chi connectivity index (χ2n) is 4.97. The molecule has 0 N–H and O–H groups in total. The topological polar surface area (TPSA) is 67.5 Å². The number of methoxy groups -OCH3 is 1. The maximum absolute atomic E-state index is 12.4. The van der Waals surface area contributed by atoms with Crippen molar-refractivity contribution in [2.75, 3.05) is 7.11 Å². The van der Waals surface area contributed by atoms with Gasteiger partial charge in [0, 0.05) is 7.05 Å². The molecule has 1 heterocycles. The lowest BCUT2D eigenvalue weighted by Gasteiger charge is -2.08. The van der Waals surface area contributed by atoms with Gasteiger partial charge in [0.25, 0.3) is 5.17 Å². The van der Waals surface area contributed by atoms with Crippen LogP contribution in [0.3, 0.4) is 0 Å². The Morgan fingerprint density at radius 1 is 1.04 bits per heavy atom. The highest BCUT2D eigenvalue weighted by Gasteiger charge is 2.18. The first-order valence-electron chi connectivity index (χ1n) is 7.34. The molecule has 0 aliphatic carbocycles. The number of aromatic nitrogens is 3. The fourth-order valence-corrected chi connectivity index (χ4v) is 2.28. The Hall–Kier alpha value is -3.13. The molecule has 7 nitrogen and oxygen atoms in total. The third-order valence-corrected chi connectivity index (χ3v) is 3.59. The quantitative estimate of drug-likeness (QED) is 0.669. The van der Waals surface area contributed by atoms with Crippen LogP contribution < -0.4 is 19.9 Å². The first-order valence-corrected chi connectivity index (χ1v) is 7.75. The zero-order valence-electron chi connectivity index (χ0n) is 13.6. The lowest BCUT2D eigenvalue weighted by Crippen LogP contribution is -2.31. The van der Waals surface area contributed by atoms with E-state index in [1.807, 2.05) is 12.1 Å². The maximum Gasteiger partial charge on any atom is 0.356 e. The van der Waals surface area contributed by atoms with Crippen molar-refractivity contribution in [1.82, 2.24) is 14.3 Å². The highest BCUT2D eigenvalue weighted by Crippen LogP contribution is 2.29. The van der Waals surface area contributed by atoms with Crippen LogP contribution in [0, 0.1) is 0 Å². The monoisotopic (exact) mass is 357 g/mol. The molecular weight excluding hydrogens is 342 g/mol.